The number of ether oxygens (including phenoxy) is 1. The predicted molar refractivity (Wildman–Crippen MR) is 117 cm³/mol. The first-order valence-corrected chi connectivity index (χ1v) is 10.5. The summed E-state index contributed by atoms with van der Waals surface area (Å²) in [6.45, 7) is 9.03. The van der Waals surface area contributed by atoms with Crippen molar-refractivity contribution in [2.24, 2.45) is 0 Å². The molecule has 0 saturated heterocycles. The Labute approximate surface area is 178 Å². The van der Waals surface area contributed by atoms with Crippen molar-refractivity contribution in [1.82, 2.24) is 9.97 Å². The maximum absolute atomic E-state index is 13.0. The van der Waals surface area contributed by atoms with Crippen LogP contribution in [0.1, 0.15) is 37.8 Å². The normalized spacial score (nSPS) is 15.7. The minimum absolute atomic E-state index is 0.288. The van der Waals surface area contributed by atoms with Crippen molar-refractivity contribution < 1.29 is 9.53 Å². The number of rotatable bonds is 6. The van der Waals surface area contributed by atoms with Gasteiger partial charge in [-0.25, -0.2) is 9.78 Å². The Hall–Kier alpha value is -2.51. The number of carbonyl (C=O) groups excluding carboxylic acids is 1. The number of aromatic amines is 1. The highest BCUT2D eigenvalue weighted by atomic mass is 35.5. The van der Waals surface area contributed by atoms with Crippen molar-refractivity contribution in [2.75, 3.05) is 11.1 Å². The molecule has 1 aliphatic rings. The second-order valence-electron chi connectivity index (χ2n) is 6.84. The molecule has 3 rings (SSSR count). The van der Waals surface area contributed by atoms with Crippen LogP contribution in [0.25, 0.3) is 0 Å². The number of aromatic nitrogens is 2. The van der Waals surface area contributed by atoms with E-state index >= 15 is 0 Å². The summed E-state index contributed by atoms with van der Waals surface area (Å²) < 4.78 is 5.46. The van der Waals surface area contributed by atoms with E-state index in [0.29, 0.717) is 38.6 Å². The number of carbonyl (C=O) groups is 1. The van der Waals surface area contributed by atoms with E-state index in [1.165, 1.54) is 11.8 Å². The summed E-state index contributed by atoms with van der Waals surface area (Å²) in [6, 6.07) is 7.07. The van der Waals surface area contributed by atoms with Gasteiger partial charge < -0.3 is 15.0 Å². The van der Waals surface area contributed by atoms with Crippen LogP contribution in [0.5, 0.6) is 0 Å². The topological polar surface area (TPSA) is 84.1 Å². The lowest BCUT2D eigenvalue weighted by molar-refractivity contribution is -0.143. The van der Waals surface area contributed by atoms with Crippen molar-refractivity contribution in [3.8, 4) is 0 Å². The summed E-state index contributed by atoms with van der Waals surface area (Å²) in [6.07, 6.45) is 1.45. The van der Waals surface area contributed by atoms with Crippen LogP contribution in [0, 0.1) is 0 Å². The fraction of sp³-hybridized carbons (Fsp3) is 0.286. The molecule has 0 fully saturated rings. The van der Waals surface area contributed by atoms with Gasteiger partial charge >= 0.3 is 5.97 Å². The summed E-state index contributed by atoms with van der Waals surface area (Å²) in [5, 5.41) is 4.17. The second kappa shape index (κ2) is 8.88. The highest BCUT2D eigenvalue weighted by Crippen LogP contribution is 2.40. The molecule has 2 N–H and O–H groups in total. The molecule has 0 amide bonds. The van der Waals surface area contributed by atoms with Gasteiger partial charge in [0.2, 0.25) is 0 Å². The highest BCUT2D eigenvalue weighted by Gasteiger charge is 2.36. The number of hydrogen-bond donors (Lipinski definition) is 2. The molecular formula is C21H22ClN3O3S. The van der Waals surface area contributed by atoms with Crippen LogP contribution in [0.2, 0.25) is 5.02 Å². The average Bonchev–Trinajstić information content (AvgIpc) is 2.65. The first-order chi connectivity index (χ1) is 13.8. The van der Waals surface area contributed by atoms with Gasteiger partial charge in [-0.3, -0.25) is 4.79 Å². The number of nitrogens with one attached hydrogen (secondary N) is 2. The fourth-order valence-corrected chi connectivity index (χ4v) is 3.90. The van der Waals surface area contributed by atoms with Gasteiger partial charge in [-0.2, -0.15) is 0 Å². The van der Waals surface area contributed by atoms with Gasteiger partial charge in [0.05, 0.1) is 23.2 Å². The van der Waals surface area contributed by atoms with E-state index in [1.54, 1.807) is 51.1 Å². The van der Waals surface area contributed by atoms with Gasteiger partial charge in [0.15, 0.2) is 5.16 Å². The zero-order valence-corrected chi connectivity index (χ0v) is 18.0. The van der Waals surface area contributed by atoms with Gasteiger partial charge in [-0.05, 0) is 38.5 Å². The zero-order valence-electron chi connectivity index (χ0n) is 16.4. The Morgan fingerprint density at radius 2 is 2.07 bits per heavy atom. The van der Waals surface area contributed by atoms with Gasteiger partial charge in [0, 0.05) is 16.5 Å². The molecule has 0 unspecified atom stereocenters. The van der Waals surface area contributed by atoms with Crippen molar-refractivity contribution in [1.29, 1.82) is 0 Å². The van der Waals surface area contributed by atoms with Crippen LogP contribution >= 0.6 is 23.4 Å². The summed E-state index contributed by atoms with van der Waals surface area (Å²) >= 11 is 7.41. The molecule has 0 aliphatic carbocycles. The van der Waals surface area contributed by atoms with E-state index in [1.807, 2.05) is 0 Å². The molecule has 2 aromatic rings. The van der Waals surface area contributed by atoms with Crippen LogP contribution < -0.4 is 10.9 Å². The number of thioether (sulfide) groups is 1. The molecule has 1 aromatic heterocycles. The summed E-state index contributed by atoms with van der Waals surface area (Å²) in [4.78, 5) is 33.3. The number of anilines is 1. The number of nitrogens with zero attached hydrogens (tertiary/aromatic N) is 1. The summed E-state index contributed by atoms with van der Waals surface area (Å²) in [7, 11) is 0. The maximum Gasteiger partial charge on any atom is 0.337 e. The molecule has 0 radical (unpaired) electrons. The molecule has 1 aromatic carbocycles. The van der Waals surface area contributed by atoms with Crippen molar-refractivity contribution in [2.45, 2.75) is 37.9 Å². The molecular weight excluding hydrogens is 410 g/mol. The maximum atomic E-state index is 13.0. The van der Waals surface area contributed by atoms with Gasteiger partial charge in [-0.1, -0.05) is 41.6 Å². The average molecular weight is 432 g/mol. The van der Waals surface area contributed by atoms with E-state index in [9.17, 15) is 9.59 Å². The first kappa shape index (κ1) is 21.2. The monoisotopic (exact) mass is 431 g/mol. The quantitative estimate of drug-likeness (QED) is 0.303. The Balaban J connectivity index is 2.18. The lowest BCUT2D eigenvalue weighted by atomic mass is 9.82. The number of benzene rings is 1. The summed E-state index contributed by atoms with van der Waals surface area (Å²) in [5.41, 5.74) is 1.80. The number of H-pyrrole nitrogens is 1. The van der Waals surface area contributed by atoms with Crippen LogP contribution in [0.3, 0.4) is 0 Å². The van der Waals surface area contributed by atoms with Crippen molar-refractivity contribution in [3.63, 3.8) is 0 Å². The van der Waals surface area contributed by atoms with Crippen LogP contribution in [0.4, 0.5) is 5.82 Å². The Morgan fingerprint density at radius 1 is 1.38 bits per heavy atom. The number of halogens is 1. The molecule has 0 saturated carbocycles. The molecule has 1 aliphatic heterocycles. The first-order valence-electron chi connectivity index (χ1n) is 9.14. The van der Waals surface area contributed by atoms with Gasteiger partial charge in [0.1, 0.15) is 5.82 Å². The SMILES string of the molecule is C=CCSc1nc2c(c(=O)[nH]1)[C@H](c1ccc(Cl)cc1)C(C(=O)OC(C)C)=C(C)N2. The van der Waals surface area contributed by atoms with Crippen LogP contribution in [-0.4, -0.2) is 27.8 Å². The number of fused-ring (bicyclic) bond motifs is 1. The number of allylic oxidation sites excluding steroid dienone is 1. The number of esters is 1. The Morgan fingerprint density at radius 3 is 2.69 bits per heavy atom. The van der Waals surface area contributed by atoms with Gasteiger partial charge in [0.25, 0.3) is 5.56 Å². The van der Waals surface area contributed by atoms with E-state index in [0.717, 1.165) is 5.56 Å². The smallest absolute Gasteiger partial charge is 0.337 e. The standard InChI is InChI=1S/C21H22ClN3O3S/c1-5-10-29-21-24-18-17(19(26)25-21)16(13-6-8-14(22)9-7-13)15(12(4)23-18)20(27)28-11(2)3/h5-9,11,16H,1,10H2,2-4H3,(H2,23,24,25,26)/t16-/m1/s1. The fourth-order valence-electron chi connectivity index (χ4n) is 3.17. The lowest BCUT2D eigenvalue weighted by Crippen LogP contribution is -2.31. The van der Waals surface area contributed by atoms with Gasteiger partial charge in [-0.15, -0.1) is 6.58 Å². The third kappa shape index (κ3) is 4.57. The third-order valence-electron chi connectivity index (χ3n) is 4.32. The molecule has 8 heteroatoms. The largest absolute Gasteiger partial charge is 0.460 e. The molecule has 0 bridgehead atoms. The zero-order chi connectivity index (χ0) is 21.1. The molecule has 29 heavy (non-hydrogen) atoms. The molecule has 0 spiro atoms. The highest BCUT2D eigenvalue weighted by molar-refractivity contribution is 7.99. The minimum Gasteiger partial charge on any atom is -0.460 e. The minimum atomic E-state index is -0.621. The Bertz CT molecular complexity index is 1030. The third-order valence-corrected chi connectivity index (χ3v) is 5.45. The van der Waals surface area contributed by atoms with E-state index in [2.05, 4.69) is 21.9 Å². The molecule has 6 nitrogen and oxygen atoms in total. The van der Waals surface area contributed by atoms with Crippen LogP contribution in [-0.2, 0) is 9.53 Å². The van der Waals surface area contributed by atoms with Crippen molar-refractivity contribution in [3.05, 3.63) is 74.7 Å². The molecule has 152 valence electrons. The van der Waals surface area contributed by atoms with Crippen LogP contribution in [0.15, 0.2) is 58.1 Å². The van der Waals surface area contributed by atoms with E-state index in [-0.39, 0.29) is 11.7 Å². The second-order valence-corrected chi connectivity index (χ2v) is 8.28. The van der Waals surface area contributed by atoms with E-state index in [4.69, 9.17) is 16.3 Å². The molecule has 1 atom stereocenters. The predicted octanol–water partition coefficient (Wildman–Crippen LogP) is 4.48. The lowest BCUT2D eigenvalue weighted by Gasteiger charge is -2.29. The molecule has 2 heterocycles. The summed E-state index contributed by atoms with van der Waals surface area (Å²) in [5.74, 6) is -0.0493. The van der Waals surface area contributed by atoms with Crippen molar-refractivity contribution >= 4 is 35.1 Å². The number of hydrogen-bond acceptors (Lipinski definition) is 6. The Kier molecular flexibility index (Phi) is 6.49. The van der Waals surface area contributed by atoms with E-state index < -0.39 is 11.9 Å².